The van der Waals surface area contributed by atoms with Crippen LogP contribution >= 0.6 is 0 Å². The minimum absolute atomic E-state index is 0.230. The molecule has 1 aliphatic carbocycles. The van der Waals surface area contributed by atoms with Gasteiger partial charge in [0.2, 0.25) is 0 Å². The topological polar surface area (TPSA) is 112 Å². The fourth-order valence-electron chi connectivity index (χ4n) is 2.68. The summed E-state index contributed by atoms with van der Waals surface area (Å²) >= 11 is 0. The van der Waals surface area contributed by atoms with Crippen molar-refractivity contribution in [2.45, 2.75) is 39.0 Å². The molecule has 1 atom stereocenters. The van der Waals surface area contributed by atoms with Crippen LogP contribution in [0.5, 0.6) is 0 Å². The summed E-state index contributed by atoms with van der Waals surface area (Å²) < 4.78 is 0. The van der Waals surface area contributed by atoms with Gasteiger partial charge in [0.05, 0.1) is 17.8 Å². The van der Waals surface area contributed by atoms with Crippen molar-refractivity contribution in [1.82, 2.24) is 0 Å². The molecule has 6 nitrogen and oxygen atoms in total. The molecule has 0 aromatic heterocycles. The number of carbonyl (C=O) groups is 3. The van der Waals surface area contributed by atoms with Gasteiger partial charge in [-0.2, -0.15) is 0 Å². The van der Waals surface area contributed by atoms with Crippen molar-refractivity contribution in [3.8, 4) is 0 Å². The van der Waals surface area contributed by atoms with Gasteiger partial charge in [0.15, 0.2) is 0 Å². The molecule has 1 unspecified atom stereocenters. The average molecular weight is 258 g/mol. The largest absolute Gasteiger partial charge is 0.481 e. The third-order valence-electron chi connectivity index (χ3n) is 3.94. The second-order valence-corrected chi connectivity index (χ2v) is 5.13. The van der Waals surface area contributed by atoms with E-state index in [4.69, 9.17) is 10.2 Å². The van der Waals surface area contributed by atoms with Crippen LogP contribution < -0.4 is 0 Å². The molecule has 0 saturated heterocycles. The molecule has 0 aromatic carbocycles. The van der Waals surface area contributed by atoms with Crippen LogP contribution in [0.4, 0.5) is 0 Å². The molecular formula is C12H18O6. The van der Waals surface area contributed by atoms with Gasteiger partial charge >= 0.3 is 17.9 Å². The zero-order valence-corrected chi connectivity index (χ0v) is 10.3. The number of rotatable bonds is 5. The first-order valence-corrected chi connectivity index (χ1v) is 5.97. The van der Waals surface area contributed by atoms with Gasteiger partial charge < -0.3 is 15.3 Å². The Hall–Kier alpha value is -1.59. The molecule has 0 amide bonds. The lowest BCUT2D eigenvalue weighted by molar-refractivity contribution is -0.168. The predicted molar refractivity (Wildman–Crippen MR) is 61.1 cm³/mol. The second kappa shape index (κ2) is 5.37. The number of aliphatic carboxylic acids is 3. The highest BCUT2D eigenvalue weighted by Crippen LogP contribution is 2.46. The summed E-state index contributed by atoms with van der Waals surface area (Å²) in [6, 6.07) is 0. The van der Waals surface area contributed by atoms with Crippen molar-refractivity contribution < 1.29 is 29.7 Å². The highest BCUT2D eigenvalue weighted by Gasteiger charge is 2.51. The second-order valence-electron chi connectivity index (χ2n) is 5.13. The molecular weight excluding hydrogens is 240 g/mol. The molecule has 18 heavy (non-hydrogen) atoms. The zero-order valence-electron chi connectivity index (χ0n) is 10.3. The van der Waals surface area contributed by atoms with E-state index < -0.39 is 35.7 Å². The molecule has 0 aromatic rings. The summed E-state index contributed by atoms with van der Waals surface area (Å²) in [7, 11) is 0. The first-order valence-electron chi connectivity index (χ1n) is 5.97. The van der Waals surface area contributed by atoms with Crippen LogP contribution in [0.3, 0.4) is 0 Å². The van der Waals surface area contributed by atoms with E-state index in [1.54, 1.807) is 0 Å². The Bertz CT molecular complexity index is 354. The molecule has 102 valence electrons. The van der Waals surface area contributed by atoms with Crippen molar-refractivity contribution >= 4 is 17.9 Å². The van der Waals surface area contributed by atoms with Crippen LogP contribution in [0.25, 0.3) is 0 Å². The van der Waals surface area contributed by atoms with Crippen molar-refractivity contribution in [3.63, 3.8) is 0 Å². The van der Waals surface area contributed by atoms with E-state index in [1.807, 2.05) is 6.92 Å². The summed E-state index contributed by atoms with van der Waals surface area (Å²) in [4.78, 5) is 33.4. The van der Waals surface area contributed by atoms with Gasteiger partial charge in [0.25, 0.3) is 0 Å². The first-order chi connectivity index (χ1) is 8.29. The SMILES string of the molecule is CC1CCC(C(=O)O)(C(CC(=O)O)C(=O)O)CC1. The van der Waals surface area contributed by atoms with Gasteiger partial charge in [-0.25, -0.2) is 0 Å². The molecule has 1 fully saturated rings. The molecule has 0 radical (unpaired) electrons. The van der Waals surface area contributed by atoms with Crippen LogP contribution in [0, 0.1) is 17.3 Å². The van der Waals surface area contributed by atoms with Crippen molar-refractivity contribution in [2.24, 2.45) is 17.3 Å². The lowest BCUT2D eigenvalue weighted by Gasteiger charge is -2.39. The number of carboxylic acid groups (broad SMARTS) is 3. The van der Waals surface area contributed by atoms with Gasteiger partial charge in [-0.15, -0.1) is 0 Å². The number of carboxylic acids is 3. The third-order valence-corrected chi connectivity index (χ3v) is 3.94. The van der Waals surface area contributed by atoms with Gasteiger partial charge in [-0.05, 0) is 31.6 Å². The van der Waals surface area contributed by atoms with Crippen LogP contribution in [-0.4, -0.2) is 33.2 Å². The molecule has 1 aliphatic rings. The Morgan fingerprint density at radius 3 is 2.00 bits per heavy atom. The smallest absolute Gasteiger partial charge is 0.310 e. The van der Waals surface area contributed by atoms with Gasteiger partial charge in [0.1, 0.15) is 0 Å². The molecule has 0 spiro atoms. The summed E-state index contributed by atoms with van der Waals surface area (Å²) in [6.45, 7) is 1.98. The minimum Gasteiger partial charge on any atom is -0.481 e. The quantitative estimate of drug-likeness (QED) is 0.688. The average Bonchev–Trinajstić information content (AvgIpc) is 2.26. The maximum Gasteiger partial charge on any atom is 0.310 e. The Kier molecular flexibility index (Phi) is 4.32. The van der Waals surface area contributed by atoms with E-state index in [-0.39, 0.29) is 12.8 Å². The maximum atomic E-state index is 11.5. The Morgan fingerprint density at radius 1 is 1.17 bits per heavy atom. The predicted octanol–water partition coefficient (Wildman–Crippen LogP) is 1.44. The van der Waals surface area contributed by atoms with E-state index in [1.165, 1.54) is 0 Å². The Balaban J connectivity index is 3.04. The Labute approximate surface area is 105 Å². The normalized spacial score (nSPS) is 29.5. The maximum absolute atomic E-state index is 11.5. The van der Waals surface area contributed by atoms with E-state index in [9.17, 15) is 19.5 Å². The Morgan fingerprint density at radius 2 is 1.67 bits per heavy atom. The van der Waals surface area contributed by atoms with Crippen molar-refractivity contribution in [1.29, 1.82) is 0 Å². The fraction of sp³-hybridized carbons (Fsp3) is 0.750. The molecule has 6 heteroatoms. The van der Waals surface area contributed by atoms with E-state index in [2.05, 4.69) is 0 Å². The standard InChI is InChI=1S/C12H18O6/c1-7-2-4-12(5-3-7,11(17)18)8(10(15)16)6-9(13)14/h7-8H,2-6H2,1H3,(H,13,14)(H,15,16)(H,17,18). The van der Waals surface area contributed by atoms with E-state index in [0.717, 1.165) is 0 Å². The first kappa shape index (κ1) is 14.5. The zero-order chi connectivity index (χ0) is 13.9. The summed E-state index contributed by atoms with van der Waals surface area (Å²) in [5.41, 5.74) is -1.43. The fourth-order valence-corrected chi connectivity index (χ4v) is 2.68. The van der Waals surface area contributed by atoms with Crippen LogP contribution in [0.1, 0.15) is 39.0 Å². The van der Waals surface area contributed by atoms with Gasteiger partial charge in [-0.1, -0.05) is 6.92 Å². The number of hydrogen-bond acceptors (Lipinski definition) is 3. The third kappa shape index (κ3) is 2.80. The monoisotopic (exact) mass is 258 g/mol. The molecule has 1 rings (SSSR count). The van der Waals surface area contributed by atoms with E-state index >= 15 is 0 Å². The summed E-state index contributed by atoms with van der Waals surface area (Å²) in [5, 5.41) is 27.2. The minimum atomic E-state index is -1.43. The molecule has 0 heterocycles. The van der Waals surface area contributed by atoms with Gasteiger partial charge in [-0.3, -0.25) is 14.4 Å². The molecule has 0 aliphatic heterocycles. The highest BCUT2D eigenvalue weighted by molar-refractivity contribution is 5.86. The van der Waals surface area contributed by atoms with Crippen molar-refractivity contribution in [3.05, 3.63) is 0 Å². The van der Waals surface area contributed by atoms with Crippen LogP contribution in [0.2, 0.25) is 0 Å². The lowest BCUT2D eigenvalue weighted by Crippen LogP contribution is -2.46. The van der Waals surface area contributed by atoms with Crippen molar-refractivity contribution in [2.75, 3.05) is 0 Å². The van der Waals surface area contributed by atoms with E-state index in [0.29, 0.717) is 18.8 Å². The highest BCUT2D eigenvalue weighted by atomic mass is 16.4. The lowest BCUT2D eigenvalue weighted by atomic mass is 9.63. The molecule has 1 saturated carbocycles. The molecule has 0 bridgehead atoms. The van der Waals surface area contributed by atoms with Crippen LogP contribution in [-0.2, 0) is 14.4 Å². The summed E-state index contributed by atoms with van der Waals surface area (Å²) in [6.07, 6.45) is 1.06. The number of hydrogen-bond donors (Lipinski definition) is 3. The van der Waals surface area contributed by atoms with Gasteiger partial charge in [0, 0.05) is 0 Å². The summed E-state index contributed by atoms with van der Waals surface area (Å²) in [5.74, 6) is -4.81. The van der Waals surface area contributed by atoms with Crippen LogP contribution in [0.15, 0.2) is 0 Å². The molecule has 3 N–H and O–H groups in total.